The zero-order valence-electron chi connectivity index (χ0n) is 13.6. The Morgan fingerprint density at radius 2 is 1.92 bits per heavy atom. The van der Waals surface area contributed by atoms with Crippen molar-refractivity contribution < 1.29 is 13.2 Å². The lowest BCUT2D eigenvalue weighted by Crippen LogP contribution is -2.62. The summed E-state index contributed by atoms with van der Waals surface area (Å²) in [6, 6.07) is 9.77. The van der Waals surface area contributed by atoms with Crippen molar-refractivity contribution >= 4 is 10.0 Å². The van der Waals surface area contributed by atoms with Gasteiger partial charge in [-0.3, -0.25) is 0 Å². The Bertz CT molecular complexity index is 826. The van der Waals surface area contributed by atoms with Crippen molar-refractivity contribution in [3.63, 3.8) is 0 Å². The summed E-state index contributed by atoms with van der Waals surface area (Å²) in [5.41, 5.74) is 1.02. The van der Waals surface area contributed by atoms with Crippen molar-refractivity contribution in [3.05, 3.63) is 48.4 Å². The molecule has 128 valence electrons. The van der Waals surface area contributed by atoms with E-state index in [2.05, 4.69) is 4.98 Å². The van der Waals surface area contributed by atoms with Crippen LogP contribution in [0.2, 0.25) is 0 Å². The van der Waals surface area contributed by atoms with Crippen molar-refractivity contribution in [2.24, 2.45) is 12.5 Å². The molecule has 2 saturated heterocycles. The number of rotatable bonds is 3. The molecule has 4 rings (SSSR count). The molecule has 1 unspecified atom stereocenters. The van der Waals surface area contributed by atoms with Crippen LogP contribution in [0.3, 0.4) is 0 Å². The molecule has 1 aromatic heterocycles. The van der Waals surface area contributed by atoms with Crippen LogP contribution in [0.15, 0.2) is 47.9 Å². The minimum Gasteiger partial charge on any atom is -0.381 e. The van der Waals surface area contributed by atoms with Gasteiger partial charge in [0, 0.05) is 38.4 Å². The van der Waals surface area contributed by atoms with Crippen molar-refractivity contribution in [2.45, 2.75) is 23.9 Å². The number of nitrogens with zero attached hydrogens (tertiary/aromatic N) is 3. The second-order valence-electron chi connectivity index (χ2n) is 6.72. The summed E-state index contributed by atoms with van der Waals surface area (Å²) in [6.07, 6.45) is 4.86. The van der Waals surface area contributed by atoms with Gasteiger partial charge in [-0.15, -0.1) is 0 Å². The number of imidazole rings is 1. The fourth-order valence-corrected chi connectivity index (χ4v) is 5.68. The number of aromatic nitrogens is 2. The van der Waals surface area contributed by atoms with E-state index in [9.17, 15) is 8.42 Å². The van der Waals surface area contributed by atoms with E-state index in [1.165, 1.54) is 6.33 Å². The standard InChI is InChI=1S/C17H21N3O3S/c1-19-11-15(18-13-19)24(21,22)20-12-17(7-9-23-10-8-17)16(20)14-5-3-2-4-6-14/h2-6,11,13,16H,7-10,12H2,1H3. The third kappa shape index (κ3) is 2.39. The van der Waals surface area contributed by atoms with Crippen molar-refractivity contribution in [3.8, 4) is 0 Å². The number of ether oxygens (including phenoxy) is 1. The summed E-state index contributed by atoms with van der Waals surface area (Å²) in [5, 5.41) is 0.118. The van der Waals surface area contributed by atoms with E-state index >= 15 is 0 Å². The molecule has 0 bridgehead atoms. The Morgan fingerprint density at radius 3 is 2.54 bits per heavy atom. The second-order valence-corrected chi connectivity index (χ2v) is 8.55. The molecule has 1 spiro atoms. The van der Waals surface area contributed by atoms with Crippen LogP contribution in [0.5, 0.6) is 0 Å². The van der Waals surface area contributed by atoms with Gasteiger partial charge in [0.2, 0.25) is 0 Å². The Hall–Kier alpha value is -1.70. The zero-order valence-corrected chi connectivity index (χ0v) is 14.4. The van der Waals surface area contributed by atoms with Crippen LogP contribution in [0, 0.1) is 5.41 Å². The number of hydrogen-bond donors (Lipinski definition) is 0. The molecule has 0 amide bonds. The number of hydrogen-bond acceptors (Lipinski definition) is 4. The molecule has 2 fully saturated rings. The molecule has 0 radical (unpaired) electrons. The molecule has 3 heterocycles. The van der Waals surface area contributed by atoms with E-state index in [0.717, 1.165) is 18.4 Å². The van der Waals surface area contributed by atoms with Gasteiger partial charge in [0.1, 0.15) is 0 Å². The van der Waals surface area contributed by atoms with Crippen molar-refractivity contribution in [1.29, 1.82) is 0 Å². The van der Waals surface area contributed by atoms with Crippen LogP contribution in [0.25, 0.3) is 0 Å². The van der Waals surface area contributed by atoms with E-state index < -0.39 is 10.0 Å². The molecule has 1 atom stereocenters. The summed E-state index contributed by atoms with van der Waals surface area (Å²) < 4.78 is 34.9. The van der Waals surface area contributed by atoms with Crippen molar-refractivity contribution in [2.75, 3.05) is 19.8 Å². The quantitative estimate of drug-likeness (QED) is 0.851. The molecule has 0 saturated carbocycles. The SMILES string of the molecule is Cn1cnc(S(=O)(=O)N2CC3(CCOCC3)C2c2ccccc2)c1. The van der Waals surface area contributed by atoms with Crippen molar-refractivity contribution in [1.82, 2.24) is 13.9 Å². The first-order valence-corrected chi connectivity index (χ1v) is 9.59. The first kappa shape index (κ1) is 15.8. The van der Waals surface area contributed by atoms with Crippen LogP contribution < -0.4 is 0 Å². The van der Waals surface area contributed by atoms with Crippen LogP contribution in [-0.4, -0.2) is 42.0 Å². The minimum absolute atomic E-state index is 0.0263. The van der Waals surface area contributed by atoms with Gasteiger partial charge in [0.15, 0.2) is 5.03 Å². The molecule has 0 aliphatic carbocycles. The number of benzene rings is 1. The summed E-state index contributed by atoms with van der Waals surface area (Å²) in [5.74, 6) is 0. The van der Waals surface area contributed by atoms with Gasteiger partial charge in [0.05, 0.1) is 12.4 Å². The lowest BCUT2D eigenvalue weighted by atomic mass is 9.65. The highest BCUT2D eigenvalue weighted by molar-refractivity contribution is 7.89. The normalized spacial score (nSPS) is 24.0. The van der Waals surface area contributed by atoms with E-state index in [0.29, 0.717) is 19.8 Å². The Kier molecular flexibility index (Phi) is 3.74. The monoisotopic (exact) mass is 347 g/mol. The highest BCUT2D eigenvalue weighted by Crippen LogP contribution is 2.56. The van der Waals surface area contributed by atoms with Gasteiger partial charge in [-0.05, 0) is 18.4 Å². The predicted molar refractivity (Wildman–Crippen MR) is 88.8 cm³/mol. The van der Waals surface area contributed by atoms with Gasteiger partial charge < -0.3 is 9.30 Å². The Labute approximate surface area is 142 Å². The summed E-state index contributed by atoms with van der Waals surface area (Å²) >= 11 is 0. The zero-order chi connectivity index (χ0) is 16.8. The van der Waals surface area contributed by atoms with E-state index in [4.69, 9.17) is 4.74 Å². The maximum absolute atomic E-state index is 13.1. The molecular formula is C17H21N3O3S. The summed E-state index contributed by atoms with van der Waals surface area (Å²) in [7, 11) is -1.82. The maximum Gasteiger partial charge on any atom is 0.262 e. The molecule has 2 aromatic rings. The van der Waals surface area contributed by atoms with Crippen LogP contribution in [0.1, 0.15) is 24.4 Å². The van der Waals surface area contributed by atoms with E-state index in [-0.39, 0.29) is 16.5 Å². The second kappa shape index (κ2) is 5.68. The van der Waals surface area contributed by atoms with Crippen LogP contribution >= 0.6 is 0 Å². The molecule has 7 heteroatoms. The topological polar surface area (TPSA) is 64.4 Å². The fraction of sp³-hybridized carbons (Fsp3) is 0.471. The number of sulfonamides is 1. The lowest BCUT2D eigenvalue weighted by molar-refractivity contribution is -0.0953. The van der Waals surface area contributed by atoms with E-state index in [1.807, 2.05) is 30.3 Å². The largest absolute Gasteiger partial charge is 0.381 e. The van der Waals surface area contributed by atoms with Crippen LogP contribution in [-0.2, 0) is 21.8 Å². The lowest BCUT2D eigenvalue weighted by Gasteiger charge is -2.58. The first-order chi connectivity index (χ1) is 11.5. The minimum atomic E-state index is -3.59. The number of aryl methyl sites for hydroxylation is 1. The Balaban J connectivity index is 1.73. The third-order valence-corrected chi connectivity index (χ3v) is 6.89. The first-order valence-electron chi connectivity index (χ1n) is 8.15. The molecule has 24 heavy (non-hydrogen) atoms. The van der Waals surface area contributed by atoms with Gasteiger partial charge in [-0.25, -0.2) is 13.4 Å². The van der Waals surface area contributed by atoms with Gasteiger partial charge in [-0.1, -0.05) is 30.3 Å². The van der Waals surface area contributed by atoms with E-state index in [1.54, 1.807) is 22.1 Å². The molecule has 1 aromatic carbocycles. The highest BCUT2D eigenvalue weighted by atomic mass is 32.2. The van der Waals surface area contributed by atoms with Gasteiger partial charge >= 0.3 is 0 Å². The Morgan fingerprint density at radius 1 is 1.21 bits per heavy atom. The average Bonchev–Trinajstić information content (AvgIpc) is 3.02. The van der Waals surface area contributed by atoms with Crippen LogP contribution in [0.4, 0.5) is 0 Å². The third-order valence-electron chi connectivity index (χ3n) is 5.20. The van der Waals surface area contributed by atoms with Gasteiger partial charge in [-0.2, -0.15) is 4.31 Å². The molecule has 6 nitrogen and oxygen atoms in total. The fourth-order valence-electron chi connectivity index (χ4n) is 3.91. The smallest absolute Gasteiger partial charge is 0.262 e. The maximum atomic E-state index is 13.1. The molecule has 2 aliphatic rings. The predicted octanol–water partition coefficient (Wildman–Crippen LogP) is 1.96. The average molecular weight is 347 g/mol. The highest BCUT2D eigenvalue weighted by Gasteiger charge is 2.58. The summed E-state index contributed by atoms with van der Waals surface area (Å²) in [4.78, 5) is 4.06. The summed E-state index contributed by atoms with van der Waals surface area (Å²) in [6.45, 7) is 1.93. The molecular weight excluding hydrogens is 326 g/mol. The molecule has 2 aliphatic heterocycles. The molecule has 0 N–H and O–H groups in total. The van der Waals surface area contributed by atoms with Gasteiger partial charge in [0.25, 0.3) is 10.0 Å².